The standard InChI is InChI=1S/C26H25I/c1-18-9-5-4-8-16-26(2,3)24-17-19(12-13-20(18)24)21-14-15-25(27)23-11-7-6-10-22(21)23/h4-15,24H,1,16-17H2,2-3H3/b8-4-,9-5-. The summed E-state index contributed by atoms with van der Waals surface area (Å²) in [6.07, 6.45) is 15.5. The largest absolute Gasteiger partial charge is 0.0915 e. The van der Waals surface area contributed by atoms with E-state index in [-0.39, 0.29) is 5.41 Å². The molecule has 0 saturated heterocycles. The molecule has 0 radical (unpaired) electrons. The summed E-state index contributed by atoms with van der Waals surface area (Å²) >= 11 is 2.44. The van der Waals surface area contributed by atoms with Gasteiger partial charge in [-0.3, -0.25) is 0 Å². The lowest BCUT2D eigenvalue weighted by Crippen LogP contribution is -2.27. The van der Waals surface area contributed by atoms with Crippen LogP contribution in [0.2, 0.25) is 0 Å². The highest BCUT2D eigenvalue weighted by Crippen LogP contribution is 2.47. The summed E-state index contributed by atoms with van der Waals surface area (Å²) in [6.45, 7) is 9.13. The zero-order valence-electron chi connectivity index (χ0n) is 16.0. The average Bonchev–Trinajstić information content (AvgIpc) is 2.72. The Morgan fingerprint density at radius 3 is 2.59 bits per heavy atom. The Kier molecular flexibility index (Phi) is 4.98. The summed E-state index contributed by atoms with van der Waals surface area (Å²) in [6, 6.07) is 13.3. The molecule has 0 amide bonds. The van der Waals surface area contributed by atoms with Crippen LogP contribution in [-0.2, 0) is 0 Å². The molecule has 4 rings (SSSR count). The van der Waals surface area contributed by atoms with Crippen molar-refractivity contribution < 1.29 is 0 Å². The van der Waals surface area contributed by atoms with Crippen molar-refractivity contribution in [2.75, 3.05) is 0 Å². The third-order valence-electron chi connectivity index (χ3n) is 5.98. The van der Waals surface area contributed by atoms with E-state index >= 15 is 0 Å². The normalized spacial score (nSPS) is 24.1. The van der Waals surface area contributed by atoms with Crippen LogP contribution >= 0.6 is 22.6 Å². The molecule has 1 unspecified atom stereocenters. The van der Waals surface area contributed by atoms with Crippen LogP contribution in [-0.4, -0.2) is 0 Å². The second-order valence-corrected chi connectivity index (χ2v) is 9.38. The van der Waals surface area contributed by atoms with E-state index in [2.05, 4.69) is 116 Å². The maximum Gasteiger partial charge on any atom is 0.0209 e. The highest BCUT2D eigenvalue weighted by atomic mass is 127. The first kappa shape index (κ1) is 18.5. The summed E-state index contributed by atoms with van der Waals surface area (Å²) in [5.74, 6) is 0.468. The Hall–Kier alpha value is -1.87. The van der Waals surface area contributed by atoms with Gasteiger partial charge >= 0.3 is 0 Å². The molecule has 1 atom stereocenters. The molecule has 0 aliphatic heterocycles. The molecule has 0 heterocycles. The molecule has 27 heavy (non-hydrogen) atoms. The predicted molar refractivity (Wildman–Crippen MR) is 127 cm³/mol. The van der Waals surface area contributed by atoms with Crippen LogP contribution in [0, 0.1) is 14.9 Å². The fraction of sp³-hybridized carbons (Fsp3) is 0.231. The third-order valence-corrected chi connectivity index (χ3v) is 6.92. The van der Waals surface area contributed by atoms with Crippen LogP contribution in [0.4, 0.5) is 0 Å². The molecule has 2 aliphatic carbocycles. The Balaban J connectivity index is 1.84. The van der Waals surface area contributed by atoms with Crippen LogP contribution in [0.15, 0.2) is 90.6 Å². The molecule has 2 aromatic rings. The molecule has 2 aliphatic rings. The first-order chi connectivity index (χ1) is 13.0. The van der Waals surface area contributed by atoms with E-state index in [0.717, 1.165) is 18.4 Å². The van der Waals surface area contributed by atoms with Gasteiger partial charge in [0.1, 0.15) is 0 Å². The second kappa shape index (κ2) is 7.27. The second-order valence-electron chi connectivity index (χ2n) is 8.22. The fourth-order valence-electron chi connectivity index (χ4n) is 4.34. The molecular weight excluding hydrogens is 439 g/mol. The summed E-state index contributed by atoms with van der Waals surface area (Å²) in [5, 5.41) is 2.70. The zero-order chi connectivity index (χ0) is 19.0. The van der Waals surface area contributed by atoms with Gasteiger partial charge in [0.05, 0.1) is 0 Å². The lowest BCUT2D eigenvalue weighted by Gasteiger charge is -2.38. The number of rotatable bonds is 1. The number of allylic oxidation sites excluding steroid dienone is 9. The molecule has 136 valence electrons. The third kappa shape index (κ3) is 3.50. The van der Waals surface area contributed by atoms with Crippen LogP contribution < -0.4 is 0 Å². The smallest absolute Gasteiger partial charge is 0.0209 e. The van der Waals surface area contributed by atoms with Gasteiger partial charge < -0.3 is 0 Å². The minimum absolute atomic E-state index is 0.190. The summed E-state index contributed by atoms with van der Waals surface area (Å²) < 4.78 is 1.31. The van der Waals surface area contributed by atoms with E-state index < -0.39 is 0 Å². The van der Waals surface area contributed by atoms with E-state index in [9.17, 15) is 0 Å². The van der Waals surface area contributed by atoms with Crippen LogP contribution in [0.1, 0.15) is 32.3 Å². The highest BCUT2D eigenvalue weighted by Gasteiger charge is 2.34. The van der Waals surface area contributed by atoms with Gasteiger partial charge in [-0.25, -0.2) is 0 Å². The van der Waals surface area contributed by atoms with E-state index in [1.165, 1.54) is 31.1 Å². The van der Waals surface area contributed by atoms with Gasteiger partial charge in [-0.05, 0) is 85.9 Å². The summed E-state index contributed by atoms with van der Waals surface area (Å²) in [4.78, 5) is 0. The number of hydrogen-bond donors (Lipinski definition) is 0. The van der Waals surface area contributed by atoms with Gasteiger partial charge in [-0.2, -0.15) is 0 Å². The average molecular weight is 464 g/mol. The molecule has 0 spiro atoms. The summed E-state index contributed by atoms with van der Waals surface area (Å²) in [5.41, 5.74) is 5.52. The van der Waals surface area contributed by atoms with Gasteiger partial charge in [0.2, 0.25) is 0 Å². The molecule has 1 heteroatoms. The van der Waals surface area contributed by atoms with Crippen molar-refractivity contribution in [3.63, 3.8) is 0 Å². The highest BCUT2D eigenvalue weighted by molar-refractivity contribution is 14.1. The van der Waals surface area contributed by atoms with Crippen molar-refractivity contribution >= 4 is 38.9 Å². The van der Waals surface area contributed by atoms with Crippen LogP contribution in [0.3, 0.4) is 0 Å². The predicted octanol–water partition coefficient (Wildman–Crippen LogP) is 7.87. The molecule has 0 nitrogen and oxygen atoms in total. The number of benzene rings is 2. The molecule has 2 aromatic carbocycles. The van der Waals surface area contributed by atoms with Gasteiger partial charge in [-0.15, -0.1) is 0 Å². The maximum absolute atomic E-state index is 4.35. The first-order valence-corrected chi connectivity index (χ1v) is 10.7. The van der Waals surface area contributed by atoms with E-state index in [4.69, 9.17) is 0 Å². The van der Waals surface area contributed by atoms with E-state index in [1.807, 2.05) is 0 Å². The number of fused-ring (bicyclic) bond motifs is 2. The number of hydrogen-bond acceptors (Lipinski definition) is 0. The topological polar surface area (TPSA) is 0 Å². The molecular formula is C26H25I. The lowest BCUT2D eigenvalue weighted by molar-refractivity contribution is 0.256. The molecule has 0 aromatic heterocycles. The van der Waals surface area contributed by atoms with Crippen molar-refractivity contribution in [3.05, 3.63) is 99.7 Å². The lowest BCUT2D eigenvalue weighted by atomic mass is 9.66. The molecule has 0 saturated carbocycles. The molecule has 0 N–H and O–H groups in total. The summed E-state index contributed by atoms with van der Waals surface area (Å²) in [7, 11) is 0. The Labute approximate surface area is 176 Å². The van der Waals surface area contributed by atoms with Crippen molar-refractivity contribution in [1.29, 1.82) is 0 Å². The van der Waals surface area contributed by atoms with Crippen molar-refractivity contribution in [3.8, 4) is 0 Å². The SMILES string of the molecule is C=C1/C=C\C=C/CC(C)(C)C2CC(c3ccc(I)c4ccccc34)=CC=C12. The monoisotopic (exact) mass is 464 g/mol. The number of halogens is 1. The van der Waals surface area contributed by atoms with E-state index in [1.54, 1.807) is 0 Å². The van der Waals surface area contributed by atoms with Gasteiger partial charge in [0.25, 0.3) is 0 Å². The van der Waals surface area contributed by atoms with Gasteiger partial charge in [0.15, 0.2) is 0 Å². The quantitative estimate of drug-likeness (QED) is 0.377. The first-order valence-electron chi connectivity index (χ1n) is 9.58. The Morgan fingerprint density at radius 1 is 1.00 bits per heavy atom. The minimum atomic E-state index is 0.190. The zero-order valence-corrected chi connectivity index (χ0v) is 18.2. The Morgan fingerprint density at radius 2 is 1.78 bits per heavy atom. The van der Waals surface area contributed by atoms with Crippen molar-refractivity contribution in [2.24, 2.45) is 11.3 Å². The van der Waals surface area contributed by atoms with Gasteiger partial charge in [0, 0.05) is 3.57 Å². The molecule has 0 bridgehead atoms. The van der Waals surface area contributed by atoms with Crippen LogP contribution in [0.25, 0.3) is 16.3 Å². The van der Waals surface area contributed by atoms with Crippen molar-refractivity contribution in [1.82, 2.24) is 0 Å². The van der Waals surface area contributed by atoms with Crippen LogP contribution in [0.5, 0.6) is 0 Å². The maximum atomic E-state index is 4.35. The minimum Gasteiger partial charge on any atom is -0.0915 e. The van der Waals surface area contributed by atoms with E-state index in [0.29, 0.717) is 5.92 Å². The fourth-order valence-corrected chi connectivity index (χ4v) is 4.99. The molecule has 0 fully saturated rings. The van der Waals surface area contributed by atoms with Gasteiger partial charge in [-0.1, -0.05) is 87.2 Å². The Bertz CT molecular complexity index is 1030. The van der Waals surface area contributed by atoms with Crippen molar-refractivity contribution in [2.45, 2.75) is 26.7 Å².